The number of rotatable bonds is 4. The van der Waals surface area contributed by atoms with Crippen molar-refractivity contribution in [2.24, 2.45) is 11.7 Å². The number of aryl methyl sites for hydroxylation is 1. The molecule has 4 nitrogen and oxygen atoms in total. The van der Waals surface area contributed by atoms with Crippen LogP contribution in [0.4, 0.5) is 4.39 Å². The average molecular weight is 396 g/mol. The van der Waals surface area contributed by atoms with Crippen LogP contribution in [-0.4, -0.2) is 35.4 Å². The topological polar surface area (TPSA) is 59.2 Å². The molecule has 0 unspecified atom stereocenters. The maximum Gasteiger partial charge on any atom is 0.265 e. The summed E-state index contributed by atoms with van der Waals surface area (Å²) in [5.74, 6) is 0.210. The fourth-order valence-electron chi connectivity index (χ4n) is 3.81. The molecule has 6 heteroatoms. The van der Waals surface area contributed by atoms with Crippen LogP contribution in [0, 0.1) is 18.7 Å². The van der Waals surface area contributed by atoms with E-state index in [4.69, 9.17) is 5.73 Å². The highest BCUT2D eigenvalue weighted by atomic mass is 32.1. The second-order valence-corrected chi connectivity index (χ2v) is 8.16. The molecule has 2 aromatic carbocycles. The average Bonchev–Trinajstić information content (AvgIpc) is 3.32. The van der Waals surface area contributed by atoms with Gasteiger partial charge in [-0.1, -0.05) is 30.3 Å². The zero-order valence-electron chi connectivity index (χ0n) is 15.6. The van der Waals surface area contributed by atoms with E-state index in [9.17, 15) is 9.18 Å². The highest BCUT2D eigenvalue weighted by Crippen LogP contribution is 2.35. The molecule has 4 rings (SSSR count). The zero-order valence-corrected chi connectivity index (χ0v) is 16.5. The number of nitrogens with zero attached hydrogens (tertiary/aromatic N) is 2. The van der Waals surface area contributed by atoms with E-state index in [2.05, 4.69) is 17.1 Å². The van der Waals surface area contributed by atoms with Crippen molar-refractivity contribution in [1.82, 2.24) is 9.88 Å². The van der Waals surface area contributed by atoms with E-state index >= 15 is 0 Å². The smallest absolute Gasteiger partial charge is 0.265 e. The van der Waals surface area contributed by atoms with E-state index in [0.29, 0.717) is 30.2 Å². The second-order valence-electron chi connectivity index (χ2n) is 7.16. The molecular weight excluding hydrogens is 373 g/mol. The number of benzene rings is 2. The molecule has 0 radical (unpaired) electrons. The van der Waals surface area contributed by atoms with Crippen molar-refractivity contribution in [2.75, 3.05) is 19.6 Å². The van der Waals surface area contributed by atoms with E-state index < -0.39 is 0 Å². The Morgan fingerprint density at radius 1 is 1.18 bits per heavy atom. The first-order chi connectivity index (χ1) is 13.6. The van der Waals surface area contributed by atoms with Crippen molar-refractivity contribution in [2.45, 2.75) is 12.8 Å². The van der Waals surface area contributed by atoms with Gasteiger partial charge in [0, 0.05) is 24.6 Å². The SMILES string of the molecule is Cc1nc(-c2ccc(F)cc2)sc1C(=O)N1C[C@@H](CN)[C@H](c2ccccc2)C1. The Labute approximate surface area is 167 Å². The number of aromatic nitrogens is 1. The highest BCUT2D eigenvalue weighted by Gasteiger charge is 2.36. The molecule has 0 aliphatic carbocycles. The Kier molecular flexibility index (Phi) is 5.24. The summed E-state index contributed by atoms with van der Waals surface area (Å²) in [6.07, 6.45) is 0. The highest BCUT2D eigenvalue weighted by molar-refractivity contribution is 7.17. The number of nitrogens with two attached hydrogens (primary N) is 1. The number of thiazole rings is 1. The lowest BCUT2D eigenvalue weighted by molar-refractivity contribution is 0.0790. The number of amides is 1. The van der Waals surface area contributed by atoms with Crippen molar-refractivity contribution < 1.29 is 9.18 Å². The number of carbonyl (C=O) groups is 1. The Hall–Kier alpha value is -2.57. The summed E-state index contributed by atoms with van der Waals surface area (Å²) >= 11 is 1.36. The molecule has 1 amide bonds. The summed E-state index contributed by atoms with van der Waals surface area (Å²) in [5.41, 5.74) is 8.76. The van der Waals surface area contributed by atoms with Gasteiger partial charge in [0.25, 0.3) is 5.91 Å². The van der Waals surface area contributed by atoms with Crippen LogP contribution in [0.3, 0.4) is 0 Å². The third kappa shape index (κ3) is 3.57. The molecular formula is C22H22FN3OS. The lowest BCUT2D eigenvalue weighted by Gasteiger charge is -2.16. The summed E-state index contributed by atoms with van der Waals surface area (Å²) in [7, 11) is 0. The summed E-state index contributed by atoms with van der Waals surface area (Å²) < 4.78 is 13.2. The standard InChI is InChI=1S/C22H22FN3OS/c1-14-20(28-21(25-14)16-7-9-18(23)10-8-16)22(27)26-12-17(11-24)19(13-26)15-5-3-2-4-6-15/h2-10,17,19H,11-13,24H2,1H3/t17-,19+/m1/s1. The molecule has 1 aromatic heterocycles. The first kappa shape index (κ1) is 18.8. The van der Waals surface area contributed by atoms with Gasteiger partial charge in [0.05, 0.1) is 5.69 Å². The van der Waals surface area contributed by atoms with Crippen LogP contribution in [0.2, 0.25) is 0 Å². The predicted octanol–water partition coefficient (Wildman–Crippen LogP) is 4.07. The van der Waals surface area contributed by atoms with Gasteiger partial charge >= 0.3 is 0 Å². The first-order valence-corrected chi connectivity index (χ1v) is 10.2. The van der Waals surface area contributed by atoms with Crippen LogP contribution in [0.25, 0.3) is 10.6 Å². The second kappa shape index (κ2) is 7.81. The minimum atomic E-state index is -0.287. The molecule has 1 fully saturated rings. The quantitative estimate of drug-likeness (QED) is 0.724. The Morgan fingerprint density at radius 2 is 1.89 bits per heavy atom. The number of carbonyl (C=O) groups excluding carboxylic acids is 1. The van der Waals surface area contributed by atoms with Gasteiger partial charge in [-0.15, -0.1) is 11.3 Å². The van der Waals surface area contributed by atoms with Gasteiger partial charge in [0.1, 0.15) is 15.7 Å². The molecule has 28 heavy (non-hydrogen) atoms. The fourth-order valence-corrected chi connectivity index (χ4v) is 4.85. The van der Waals surface area contributed by atoms with Crippen molar-refractivity contribution in [3.63, 3.8) is 0 Å². The third-order valence-corrected chi connectivity index (χ3v) is 6.54. The van der Waals surface area contributed by atoms with Crippen LogP contribution in [-0.2, 0) is 0 Å². The maximum absolute atomic E-state index is 13.2. The molecule has 2 N–H and O–H groups in total. The first-order valence-electron chi connectivity index (χ1n) is 9.34. The molecule has 1 aliphatic heterocycles. The molecule has 2 atom stereocenters. The molecule has 144 valence electrons. The van der Waals surface area contributed by atoms with Gasteiger partial charge in [-0.25, -0.2) is 9.37 Å². The van der Waals surface area contributed by atoms with Crippen LogP contribution in [0.5, 0.6) is 0 Å². The Morgan fingerprint density at radius 3 is 2.57 bits per heavy atom. The Balaban J connectivity index is 1.57. The zero-order chi connectivity index (χ0) is 19.7. The molecule has 0 spiro atoms. The van der Waals surface area contributed by atoms with Gasteiger partial charge in [0.15, 0.2) is 0 Å². The molecule has 2 heterocycles. The van der Waals surface area contributed by atoms with E-state index in [1.54, 1.807) is 12.1 Å². The third-order valence-electron chi connectivity index (χ3n) is 5.34. The number of likely N-dealkylation sites (tertiary alicyclic amines) is 1. The van der Waals surface area contributed by atoms with E-state index in [1.807, 2.05) is 30.0 Å². The van der Waals surface area contributed by atoms with Gasteiger partial charge in [-0.2, -0.15) is 0 Å². The van der Waals surface area contributed by atoms with Crippen molar-refractivity contribution in [3.05, 3.63) is 76.5 Å². The minimum absolute atomic E-state index is 0.000225. The van der Waals surface area contributed by atoms with Gasteiger partial charge in [-0.05, 0) is 49.2 Å². The molecule has 0 bridgehead atoms. The van der Waals surface area contributed by atoms with Crippen LogP contribution >= 0.6 is 11.3 Å². The van der Waals surface area contributed by atoms with Crippen LogP contribution in [0.1, 0.15) is 26.8 Å². The normalized spacial score (nSPS) is 19.2. The summed E-state index contributed by atoms with van der Waals surface area (Å²) in [5, 5.41) is 0.732. The van der Waals surface area contributed by atoms with Gasteiger partial charge < -0.3 is 10.6 Å². The molecule has 1 aliphatic rings. The number of hydrogen-bond acceptors (Lipinski definition) is 4. The lowest BCUT2D eigenvalue weighted by atomic mass is 9.89. The Bertz CT molecular complexity index is 971. The summed E-state index contributed by atoms with van der Waals surface area (Å²) in [6, 6.07) is 16.4. The minimum Gasteiger partial charge on any atom is -0.337 e. The predicted molar refractivity (Wildman–Crippen MR) is 110 cm³/mol. The largest absolute Gasteiger partial charge is 0.337 e. The van der Waals surface area contributed by atoms with Crippen LogP contribution in [0.15, 0.2) is 54.6 Å². The summed E-state index contributed by atoms with van der Waals surface area (Å²) in [4.78, 5) is 20.3. The maximum atomic E-state index is 13.2. The molecule has 0 saturated carbocycles. The molecule has 3 aromatic rings. The lowest BCUT2D eigenvalue weighted by Crippen LogP contribution is -2.29. The van der Waals surface area contributed by atoms with E-state index in [-0.39, 0.29) is 23.6 Å². The fraction of sp³-hybridized carbons (Fsp3) is 0.273. The van der Waals surface area contributed by atoms with Crippen molar-refractivity contribution >= 4 is 17.2 Å². The number of hydrogen-bond donors (Lipinski definition) is 1. The molecule has 1 saturated heterocycles. The van der Waals surface area contributed by atoms with Gasteiger partial charge in [0.2, 0.25) is 0 Å². The van der Waals surface area contributed by atoms with Crippen molar-refractivity contribution in [3.8, 4) is 10.6 Å². The van der Waals surface area contributed by atoms with E-state index in [0.717, 1.165) is 10.6 Å². The van der Waals surface area contributed by atoms with E-state index in [1.165, 1.54) is 29.0 Å². The summed E-state index contributed by atoms with van der Waals surface area (Å²) in [6.45, 7) is 3.71. The van der Waals surface area contributed by atoms with Crippen molar-refractivity contribution in [1.29, 1.82) is 0 Å². The monoisotopic (exact) mass is 395 g/mol. The van der Waals surface area contributed by atoms with Crippen LogP contribution < -0.4 is 5.73 Å². The van der Waals surface area contributed by atoms with Gasteiger partial charge in [-0.3, -0.25) is 4.79 Å². The number of halogens is 1.